The lowest BCUT2D eigenvalue weighted by Gasteiger charge is -2.31. The van der Waals surface area contributed by atoms with Crippen molar-refractivity contribution in [1.29, 1.82) is 0 Å². The fourth-order valence-electron chi connectivity index (χ4n) is 4.69. The van der Waals surface area contributed by atoms with Crippen LogP contribution in [0, 0.1) is 23.7 Å². The first-order valence-electron chi connectivity index (χ1n) is 8.30. The molecule has 0 aromatic heterocycles. The van der Waals surface area contributed by atoms with E-state index in [9.17, 15) is 9.32 Å². The molecule has 1 aromatic carbocycles. The highest BCUT2D eigenvalue weighted by atomic mass is 32.2. The summed E-state index contributed by atoms with van der Waals surface area (Å²) >= 11 is 0. The largest absolute Gasteiger partial charge is 0.389 e. The fraction of sp³-hybridized carbons (Fsp3) is 0.667. The van der Waals surface area contributed by atoms with Crippen molar-refractivity contribution in [3.8, 4) is 0 Å². The van der Waals surface area contributed by atoms with Gasteiger partial charge in [-0.1, -0.05) is 38.5 Å². The SMILES string of the molecule is CN=[S@@](=O)(C[C@@]1(O)C[C@H]2[C@H](CC[C@@H]2C)[C@H]1C)c1ccccc1. The maximum absolute atomic E-state index is 13.3. The Hall–Kier alpha value is -0.870. The van der Waals surface area contributed by atoms with E-state index in [0.29, 0.717) is 17.8 Å². The van der Waals surface area contributed by atoms with E-state index in [1.165, 1.54) is 12.8 Å². The molecule has 122 valence electrons. The second-order valence-electron chi connectivity index (χ2n) is 7.26. The van der Waals surface area contributed by atoms with Crippen molar-refractivity contribution < 1.29 is 9.32 Å². The van der Waals surface area contributed by atoms with Gasteiger partial charge >= 0.3 is 0 Å². The summed E-state index contributed by atoms with van der Waals surface area (Å²) in [7, 11) is -0.941. The number of nitrogens with zero attached hydrogens (tertiary/aromatic N) is 1. The molecule has 2 saturated carbocycles. The Morgan fingerprint density at radius 1 is 1.23 bits per heavy atom. The third kappa shape index (κ3) is 2.50. The van der Waals surface area contributed by atoms with Crippen LogP contribution in [0.3, 0.4) is 0 Å². The zero-order valence-corrected chi connectivity index (χ0v) is 14.6. The molecule has 4 heteroatoms. The van der Waals surface area contributed by atoms with Crippen molar-refractivity contribution in [3.05, 3.63) is 30.3 Å². The van der Waals surface area contributed by atoms with Crippen LogP contribution < -0.4 is 0 Å². The van der Waals surface area contributed by atoms with Gasteiger partial charge in [0.2, 0.25) is 0 Å². The normalized spacial score (nSPS) is 40.2. The molecule has 3 nitrogen and oxygen atoms in total. The molecule has 0 radical (unpaired) electrons. The van der Waals surface area contributed by atoms with E-state index in [0.717, 1.165) is 11.3 Å². The lowest BCUT2D eigenvalue weighted by Crippen LogP contribution is -2.41. The quantitative estimate of drug-likeness (QED) is 0.925. The second-order valence-corrected chi connectivity index (χ2v) is 9.67. The third-order valence-electron chi connectivity index (χ3n) is 6.17. The van der Waals surface area contributed by atoms with Crippen LogP contribution in [0.25, 0.3) is 0 Å². The maximum Gasteiger partial charge on any atom is 0.0805 e. The van der Waals surface area contributed by atoms with Gasteiger partial charge in [0.05, 0.1) is 21.1 Å². The van der Waals surface area contributed by atoms with E-state index in [1.54, 1.807) is 7.05 Å². The number of benzene rings is 1. The Kier molecular flexibility index (Phi) is 4.11. The Labute approximate surface area is 134 Å². The van der Waals surface area contributed by atoms with Crippen molar-refractivity contribution in [2.75, 3.05) is 12.8 Å². The topological polar surface area (TPSA) is 49.7 Å². The van der Waals surface area contributed by atoms with Crippen molar-refractivity contribution in [1.82, 2.24) is 0 Å². The summed E-state index contributed by atoms with van der Waals surface area (Å²) in [6.45, 7) is 4.44. The summed E-state index contributed by atoms with van der Waals surface area (Å²) < 4.78 is 17.6. The van der Waals surface area contributed by atoms with Gasteiger partial charge in [-0.05, 0) is 48.6 Å². The smallest absolute Gasteiger partial charge is 0.0805 e. The van der Waals surface area contributed by atoms with Crippen LogP contribution in [-0.2, 0) is 9.73 Å². The lowest BCUT2D eigenvalue weighted by atomic mass is 9.87. The van der Waals surface area contributed by atoms with Crippen LogP contribution in [0.2, 0.25) is 0 Å². The van der Waals surface area contributed by atoms with E-state index in [-0.39, 0.29) is 11.7 Å². The minimum absolute atomic E-state index is 0.203. The molecule has 1 N–H and O–H groups in total. The first-order chi connectivity index (χ1) is 10.4. The standard InChI is InChI=1S/C18H27NO2S/c1-13-9-10-16-14(2)18(20,11-17(13)16)12-22(21,19-3)15-7-5-4-6-8-15/h4-8,13-14,16-17,20H,9-12H2,1-3H3/t13-,14+,16+,17+,18-,22+/m0/s1. The van der Waals surface area contributed by atoms with Gasteiger partial charge in [-0.15, -0.1) is 0 Å². The first-order valence-corrected chi connectivity index (χ1v) is 9.98. The van der Waals surface area contributed by atoms with Crippen molar-refractivity contribution >= 4 is 9.73 Å². The summed E-state index contributed by atoms with van der Waals surface area (Å²) in [5, 5.41) is 11.3. The van der Waals surface area contributed by atoms with Crippen molar-refractivity contribution in [3.63, 3.8) is 0 Å². The zero-order chi connectivity index (χ0) is 16.0. The molecule has 0 amide bonds. The minimum Gasteiger partial charge on any atom is -0.389 e. The molecule has 2 fully saturated rings. The second kappa shape index (κ2) is 5.64. The van der Waals surface area contributed by atoms with E-state index in [4.69, 9.17) is 0 Å². The monoisotopic (exact) mass is 321 g/mol. The maximum atomic E-state index is 13.3. The highest BCUT2D eigenvalue weighted by Gasteiger charge is 2.54. The lowest BCUT2D eigenvalue weighted by molar-refractivity contribution is 0.0186. The van der Waals surface area contributed by atoms with Crippen molar-refractivity contribution in [2.45, 2.75) is 43.6 Å². The summed E-state index contributed by atoms with van der Waals surface area (Å²) in [6.07, 6.45) is 3.24. The molecule has 2 aliphatic carbocycles. The molecular formula is C18H27NO2S. The van der Waals surface area contributed by atoms with Crippen LogP contribution >= 0.6 is 0 Å². The predicted octanol–water partition coefficient (Wildman–Crippen LogP) is 3.58. The van der Waals surface area contributed by atoms with Crippen LogP contribution in [0.1, 0.15) is 33.1 Å². The van der Waals surface area contributed by atoms with Crippen LogP contribution in [0.5, 0.6) is 0 Å². The number of rotatable bonds is 3. The molecule has 2 aliphatic rings. The highest BCUT2D eigenvalue weighted by molar-refractivity contribution is 7.93. The Morgan fingerprint density at radius 2 is 1.91 bits per heavy atom. The van der Waals surface area contributed by atoms with E-state index in [1.807, 2.05) is 30.3 Å². The summed E-state index contributed by atoms with van der Waals surface area (Å²) in [4.78, 5) is 0.739. The number of aliphatic hydroxyl groups is 1. The molecule has 0 spiro atoms. The zero-order valence-electron chi connectivity index (χ0n) is 13.7. The van der Waals surface area contributed by atoms with Gasteiger partial charge in [0.1, 0.15) is 0 Å². The van der Waals surface area contributed by atoms with Gasteiger partial charge in [-0.2, -0.15) is 0 Å². The third-order valence-corrected chi connectivity index (χ3v) is 8.66. The molecule has 6 atom stereocenters. The van der Waals surface area contributed by atoms with Gasteiger partial charge < -0.3 is 5.11 Å². The Balaban J connectivity index is 1.90. The molecule has 0 bridgehead atoms. The van der Waals surface area contributed by atoms with Gasteiger partial charge in [0.25, 0.3) is 0 Å². The van der Waals surface area contributed by atoms with E-state index < -0.39 is 15.3 Å². The van der Waals surface area contributed by atoms with Gasteiger partial charge in [0.15, 0.2) is 0 Å². The Bertz CT molecular complexity index is 650. The van der Waals surface area contributed by atoms with Gasteiger partial charge in [-0.25, -0.2) is 8.57 Å². The summed E-state index contributed by atoms with van der Waals surface area (Å²) in [5.41, 5.74) is -0.851. The number of hydrogen-bond donors (Lipinski definition) is 1. The molecule has 0 aliphatic heterocycles. The molecular weight excluding hydrogens is 294 g/mol. The van der Waals surface area contributed by atoms with E-state index in [2.05, 4.69) is 18.2 Å². The molecule has 22 heavy (non-hydrogen) atoms. The van der Waals surface area contributed by atoms with Crippen LogP contribution in [0.15, 0.2) is 39.6 Å². The van der Waals surface area contributed by atoms with Gasteiger partial charge in [0, 0.05) is 11.9 Å². The van der Waals surface area contributed by atoms with Crippen LogP contribution in [0.4, 0.5) is 0 Å². The first kappa shape index (κ1) is 16.0. The number of fused-ring (bicyclic) bond motifs is 1. The molecule has 1 aromatic rings. The Morgan fingerprint density at radius 3 is 2.50 bits per heavy atom. The molecule has 0 unspecified atom stereocenters. The predicted molar refractivity (Wildman–Crippen MR) is 90.2 cm³/mol. The summed E-state index contributed by atoms with van der Waals surface area (Å²) in [6, 6.07) is 9.42. The van der Waals surface area contributed by atoms with Crippen LogP contribution in [-0.4, -0.2) is 27.7 Å². The average Bonchev–Trinajstić information content (AvgIpc) is 2.99. The summed E-state index contributed by atoms with van der Waals surface area (Å²) in [5.74, 6) is 2.30. The van der Waals surface area contributed by atoms with Gasteiger partial charge in [-0.3, -0.25) is 0 Å². The average molecular weight is 321 g/mol. The fourth-order valence-corrected chi connectivity index (χ4v) is 6.83. The molecule has 0 saturated heterocycles. The minimum atomic E-state index is -2.55. The number of hydrogen-bond acceptors (Lipinski definition) is 3. The highest BCUT2D eigenvalue weighted by Crippen LogP contribution is 2.55. The molecule has 0 heterocycles. The molecule has 3 rings (SSSR count). The van der Waals surface area contributed by atoms with E-state index >= 15 is 0 Å². The van der Waals surface area contributed by atoms with Crippen molar-refractivity contribution in [2.24, 2.45) is 28.0 Å².